The maximum atomic E-state index is 10.6. The third-order valence-electron chi connectivity index (χ3n) is 3.92. The second-order valence-corrected chi connectivity index (χ2v) is 7.42. The molecule has 1 saturated heterocycles. The molecule has 2 heterocycles. The Morgan fingerprint density at radius 2 is 2.09 bits per heavy atom. The second kappa shape index (κ2) is 7.00. The number of rotatable bonds is 6. The van der Waals surface area contributed by atoms with Gasteiger partial charge in [-0.25, -0.2) is 4.98 Å². The number of para-hydroxylation sites is 2. The minimum Gasteiger partial charge on any atom is -0.379 e. The number of aliphatic hydroxyl groups is 1. The van der Waals surface area contributed by atoms with Crippen molar-refractivity contribution >= 4 is 22.8 Å². The predicted molar refractivity (Wildman–Crippen MR) is 90.1 cm³/mol. The molecule has 5 nitrogen and oxygen atoms in total. The van der Waals surface area contributed by atoms with E-state index in [9.17, 15) is 5.11 Å². The molecule has 0 radical (unpaired) electrons. The molecule has 0 bridgehead atoms. The van der Waals surface area contributed by atoms with Gasteiger partial charge in [0.2, 0.25) is 0 Å². The van der Waals surface area contributed by atoms with E-state index in [-0.39, 0.29) is 0 Å². The van der Waals surface area contributed by atoms with E-state index in [4.69, 9.17) is 4.74 Å². The molecule has 1 N–H and O–H groups in total. The number of morpholine rings is 1. The lowest BCUT2D eigenvalue weighted by Gasteiger charge is -2.28. The number of fused-ring (bicyclic) bond motifs is 1. The van der Waals surface area contributed by atoms with E-state index in [2.05, 4.69) is 9.88 Å². The normalized spacial score (nSPS) is 19.4. The minimum absolute atomic E-state index is 0.543. The molecule has 1 aliphatic rings. The van der Waals surface area contributed by atoms with E-state index in [1.54, 1.807) is 11.8 Å². The summed E-state index contributed by atoms with van der Waals surface area (Å²) in [6, 6.07) is 8.01. The Bertz CT molecular complexity index is 608. The highest BCUT2D eigenvalue weighted by molar-refractivity contribution is 8.00. The van der Waals surface area contributed by atoms with Crippen LogP contribution in [0.3, 0.4) is 0 Å². The van der Waals surface area contributed by atoms with Gasteiger partial charge < -0.3 is 14.4 Å². The first-order chi connectivity index (χ1) is 10.6. The second-order valence-electron chi connectivity index (χ2n) is 5.84. The van der Waals surface area contributed by atoms with Gasteiger partial charge in [-0.3, -0.25) is 4.90 Å². The first-order valence-electron chi connectivity index (χ1n) is 7.70. The Balaban J connectivity index is 1.54. The van der Waals surface area contributed by atoms with Crippen LogP contribution in [0.15, 0.2) is 30.6 Å². The predicted octanol–water partition coefficient (Wildman–Crippen LogP) is 1.81. The minimum atomic E-state index is -0.796. The van der Waals surface area contributed by atoms with Crippen LogP contribution in [0.4, 0.5) is 0 Å². The van der Waals surface area contributed by atoms with E-state index in [0.29, 0.717) is 6.54 Å². The van der Waals surface area contributed by atoms with Crippen LogP contribution in [0.25, 0.3) is 11.0 Å². The van der Waals surface area contributed by atoms with Gasteiger partial charge in [-0.2, -0.15) is 0 Å². The number of ether oxygens (including phenoxy) is 1. The number of thioether (sulfide) groups is 1. The van der Waals surface area contributed by atoms with Crippen molar-refractivity contribution in [2.45, 2.75) is 18.4 Å². The SMILES string of the molecule is C[C@@](O)(Cn1cnc2ccccc21)SCCN1CCOCC1. The lowest BCUT2D eigenvalue weighted by atomic mass is 10.3. The molecule has 3 rings (SSSR count). The zero-order valence-corrected chi connectivity index (χ0v) is 13.8. The van der Waals surface area contributed by atoms with Gasteiger partial charge in [-0.05, 0) is 19.1 Å². The van der Waals surface area contributed by atoms with Crippen molar-refractivity contribution in [3.63, 3.8) is 0 Å². The Kier molecular flexibility index (Phi) is 5.03. The number of benzene rings is 1. The zero-order valence-electron chi connectivity index (χ0n) is 12.9. The van der Waals surface area contributed by atoms with Crippen LogP contribution in [0.1, 0.15) is 6.92 Å². The summed E-state index contributed by atoms with van der Waals surface area (Å²) in [6.07, 6.45) is 1.81. The molecule has 120 valence electrons. The number of nitrogens with zero attached hydrogens (tertiary/aromatic N) is 3. The molecular weight excluding hydrogens is 298 g/mol. The molecule has 0 aliphatic carbocycles. The highest BCUT2D eigenvalue weighted by atomic mass is 32.2. The quantitative estimate of drug-likeness (QED) is 0.823. The van der Waals surface area contributed by atoms with E-state index in [1.165, 1.54) is 0 Å². The molecule has 1 aromatic heterocycles. The maximum Gasteiger partial charge on any atom is 0.125 e. The summed E-state index contributed by atoms with van der Waals surface area (Å²) < 4.78 is 7.37. The lowest BCUT2D eigenvalue weighted by molar-refractivity contribution is 0.0408. The molecule has 1 fully saturated rings. The number of imidazole rings is 1. The Morgan fingerprint density at radius 1 is 1.32 bits per heavy atom. The Morgan fingerprint density at radius 3 is 2.91 bits per heavy atom. The van der Waals surface area contributed by atoms with Crippen LogP contribution in [-0.4, -0.2) is 63.1 Å². The van der Waals surface area contributed by atoms with Crippen LogP contribution in [0.2, 0.25) is 0 Å². The van der Waals surface area contributed by atoms with E-state index in [0.717, 1.165) is 49.6 Å². The molecule has 0 spiro atoms. The summed E-state index contributed by atoms with van der Waals surface area (Å²) in [4.78, 5) is 5.97. The van der Waals surface area contributed by atoms with Crippen LogP contribution < -0.4 is 0 Å². The van der Waals surface area contributed by atoms with Crippen molar-refractivity contribution in [1.29, 1.82) is 0 Å². The van der Waals surface area contributed by atoms with Gasteiger partial charge in [0.05, 0.1) is 37.1 Å². The van der Waals surface area contributed by atoms with E-state index in [1.807, 2.05) is 42.1 Å². The van der Waals surface area contributed by atoms with Crippen LogP contribution in [0.5, 0.6) is 0 Å². The molecule has 1 aromatic carbocycles. The van der Waals surface area contributed by atoms with Crippen molar-refractivity contribution in [2.24, 2.45) is 0 Å². The molecule has 1 aliphatic heterocycles. The van der Waals surface area contributed by atoms with Crippen LogP contribution in [-0.2, 0) is 11.3 Å². The van der Waals surface area contributed by atoms with Gasteiger partial charge in [0, 0.05) is 25.4 Å². The molecule has 0 unspecified atom stereocenters. The van der Waals surface area contributed by atoms with Crippen molar-refractivity contribution < 1.29 is 9.84 Å². The van der Waals surface area contributed by atoms with Crippen LogP contribution in [0, 0.1) is 0 Å². The molecule has 2 aromatic rings. The van der Waals surface area contributed by atoms with Gasteiger partial charge in [0.1, 0.15) is 4.93 Å². The summed E-state index contributed by atoms with van der Waals surface area (Å²) >= 11 is 1.60. The van der Waals surface area contributed by atoms with Crippen LogP contribution >= 0.6 is 11.8 Å². The summed E-state index contributed by atoms with van der Waals surface area (Å²) in [6.45, 7) is 7.05. The van der Waals surface area contributed by atoms with Gasteiger partial charge in [-0.15, -0.1) is 11.8 Å². The topological polar surface area (TPSA) is 50.5 Å². The fourth-order valence-corrected chi connectivity index (χ4v) is 3.74. The number of hydrogen-bond donors (Lipinski definition) is 1. The fraction of sp³-hybridized carbons (Fsp3) is 0.562. The summed E-state index contributed by atoms with van der Waals surface area (Å²) in [5.74, 6) is 0.916. The monoisotopic (exact) mass is 321 g/mol. The fourth-order valence-electron chi connectivity index (χ4n) is 2.72. The van der Waals surface area contributed by atoms with Gasteiger partial charge in [-0.1, -0.05) is 12.1 Å². The molecule has 0 saturated carbocycles. The highest BCUT2D eigenvalue weighted by Crippen LogP contribution is 2.25. The third kappa shape index (κ3) is 4.01. The largest absolute Gasteiger partial charge is 0.379 e. The van der Waals surface area contributed by atoms with Crippen molar-refractivity contribution in [3.8, 4) is 0 Å². The van der Waals surface area contributed by atoms with Crippen molar-refractivity contribution in [3.05, 3.63) is 30.6 Å². The molecule has 22 heavy (non-hydrogen) atoms. The maximum absolute atomic E-state index is 10.6. The van der Waals surface area contributed by atoms with Gasteiger partial charge in [0.15, 0.2) is 0 Å². The average Bonchev–Trinajstić information content (AvgIpc) is 2.91. The Labute approximate surface area is 135 Å². The standard InChI is InChI=1S/C16H23N3O2S/c1-16(20,22-11-8-18-6-9-21-10-7-18)12-19-13-17-14-4-2-3-5-15(14)19/h2-5,13,20H,6-12H2,1H3/t16-/m0/s1. The van der Waals surface area contributed by atoms with E-state index >= 15 is 0 Å². The number of aromatic nitrogens is 2. The summed E-state index contributed by atoms with van der Waals surface area (Å²) in [5.41, 5.74) is 2.04. The molecular formula is C16H23N3O2S. The first-order valence-corrected chi connectivity index (χ1v) is 8.69. The average molecular weight is 321 g/mol. The molecule has 6 heteroatoms. The molecule has 0 amide bonds. The Hall–Kier alpha value is -1.08. The summed E-state index contributed by atoms with van der Waals surface area (Å²) in [5, 5.41) is 10.6. The van der Waals surface area contributed by atoms with Gasteiger partial charge in [0.25, 0.3) is 0 Å². The zero-order chi connectivity index (χ0) is 15.4. The van der Waals surface area contributed by atoms with Crippen molar-refractivity contribution in [2.75, 3.05) is 38.6 Å². The van der Waals surface area contributed by atoms with Crippen molar-refractivity contribution in [1.82, 2.24) is 14.5 Å². The third-order valence-corrected chi connectivity index (χ3v) is 5.05. The molecule has 1 atom stereocenters. The number of hydrogen-bond acceptors (Lipinski definition) is 5. The smallest absolute Gasteiger partial charge is 0.125 e. The first kappa shape index (κ1) is 15.8. The lowest BCUT2D eigenvalue weighted by Crippen LogP contribution is -2.38. The van der Waals surface area contributed by atoms with Gasteiger partial charge >= 0.3 is 0 Å². The highest BCUT2D eigenvalue weighted by Gasteiger charge is 2.23. The summed E-state index contributed by atoms with van der Waals surface area (Å²) in [7, 11) is 0. The van der Waals surface area contributed by atoms with E-state index < -0.39 is 4.93 Å².